The molecule has 2 rings (SSSR count). The number of aromatic nitrogens is 2. The summed E-state index contributed by atoms with van der Waals surface area (Å²) in [6, 6.07) is 5.47. The first-order valence-corrected chi connectivity index (χ1v) is 6.60. The number of hydrogen-bond donors (Lipinski definition) is 1. The highest BCUT2D eigenvalue weighted by atomic mass is 19.4. The third-order valence-electron chi connectivity index (χ3n) is 3.23. The predicted octanol–water partition coefficient (Wildman–Crippen LogP) is 4.07. The van der Waals surface area contributed by atoms with Crippen molar-refractivity contribution in [1.82, 2.24) is 9.97 Å². The summed E-state index contributed by atoms with van der Waals surface area (Å²) in [6.45, 7) is 3.58. The summed E-state index contributed by atoms with van der Waals surface area (Å²) in [5, 5.41) is 2.91. The van der Waals surface area contributed by atoms with Gasteiger partial charge in [-0.1, -0.05) is 25.1 Å². The van der Waals surface area contributed by atoms with Gasteiger partial charge in [0.05, 0.1) is 11.3 Å². The molecule has 2 aromatic rings. The van der Waals surface area contributed by atoms with Gasteiger partial charge in [0.1, 0.15) is 11.6 Å². The third kappa shape index (κ3) is 2.99. The van der Waals surface area contributed by atoms with Gasteiger partial charge in [-0.3, -0.25) is 0 Å². The maximum absolute atomic E-state index is 13.2. The lowest BCUT2D eigenvalue weighted by Crippen LogP contribution is -2.10. The van der Waals surface area contributed by atoms with Crippen molar-refractivity contribution in [1.29, 1.82) is 0 Å². The van der Waals surface area contributed by atoms with Crippen molar-refractivity contribution in [3.8, 4) is 11.3 Å². The highest BCUT2D eigenvalue weighted by Crippen LogP contribution is 2.38. The van der Waals surface area contributed by atoms with E-state index in [4.69, 9.17) is 0 Å². The zero-order valence-corrected chi connectivity index (χ0v) is 12.0. The number of alkyl halides is 3. The molecule has 0 atom stereocenters. The normalized spacial score (nSPS) is 11.5. The molecule has 0 spiro atoms. The Hall–Kier alpha value is -2.11. The van der Waals surface area contributed by atoms with Gasteiger partial charge in [-0.05, 0) is 13.0 Å². The molecule has 1 N–H and O–H groups in total. The quantitative estimate of drug-likeness (QED) is 0.927. The minimum Gasteiger partial charge on any atom is -0.373 e. The van der Waals surface area contributed by atoms with Crippen molar-refractivity contribution < 1.29 is 13.2 Å². The van der Waals surface area contributed by atoms with Crippen molar-refractivity contribution in [2.45, 2.75) is 26.4 Å². The summed E-state index contributed by atoms with van der Waals surface area (Å²) in [5.41, 5.74) is 0.317. The number of hydrogen-bond acceptors (Lipinski definition) is 3. The molecule has 1 aromatic carbocycles. The minimum absolute atomic E-state index is 0.0797. The van der Waals surface area contributed by atoms with Crippen LogP contribution in [0.2, 0.25) is 0 Å². The Kier molecular flexibility index (Phi) is 4.16. The van der Waals surface area contributed by atoms with E-state index in [1.54, 1.807) is 20.0 Å². The van der Waals surface area contributed by atoms with Crippen molar-refractivity contribution in [2.24, 2.45) is 0 Å². The number of halogens is 3. The lowest BCUT2D eigenvalue weighted by molar-refractivity contribution is -0.137. The van der Waals surface area contributed by atoms with E-state index in [9.17, 15) is 13.2 Å². The summed E-state index contributed by atoms with van der Waals surface area (Å²) < 4.78 is 39.5. The molecule has 1 aromatic heterocycles. The van der Waals surface area contributed by atoms with Crippen molar-refractivity contribution >= 4 is 5.82 Å². The molecule has 0 saturated carbocycles. The highest BCUT2D eigenvalue weighted by molar-refractivity contribution is 5.71. The Balaban J connectivity index is 2.73. The van der Waals surface area contributed by atoms with Crippen LogP contribution in [0.15, 0.2) is 24.3 Å². The summed E-state index contributed by atoms with van der Waals surface area (Å²) in [4.78, 5) is 8.58. The Morgan fingerprint density at radius 1 is 1.14 bits per heavy atom. The molecule has 0 amide bonds. The molecule has 0 radical (unpaired) electrons. The van der Waals surface area contributed by atoms with Crippen LogP contribution in [0.3, 0.4) is 0 Å². The van der Waals surface area contributed by atoms with Crippen molar-refractivity contribution in [3.63, 3.8) is 0 Å². The molecule has 1 heterocycles. The molecule has 0 bridgehead atoms. The van der Waals surface area contributed by atoms with Crippen LogP contribution in [0.4, 0.5) is 19.0 Å². The maximum atomic E-state index is 13.2. The van der Waals surface area contributed by atoms with E-state index in [0.29, 0.717) is 29.3 Å². The van der Waals surface area contributed by atoms with Gasteiger partial charge in [0, 0.05) is 24.6 Å². The second-order valence-electron chi connectivity index (χ2n) is 4.61. The highest BCUT2D eigenvalue weighted by Gasteiger charge is 2.34. The second-order valence-corrected chi connectivity index (χ2v) is 4.61. The SMILES string of the molecule is CCc1nc(NC)c(C)c(-c2ccccc2C(F)(F)F)n1. The van der Waals surface area contributed by atoms with Crippen LogP contribution in [0, 0.1) is 6.92 Å². The zero-order valence-electron chi connectivity index (χ0n) is 12.0. The van der Waals surface area contributed by atoms with E-state index in [-0.39, 0.29) is 5.56 Å². The first-order valence-electron chi connectivity index (χ1n) is 6.60. The van der Waals surface area contributed by atoms with E-state index < -0.39 is 11.7 Å². The van der Waals surface area contributed by atoms with Crippen LogP contribution < -0.4 is 5.32 Å². The van der Waals surface area contributed by atoms with Gasteiger partial charge < -0.3 is 5.32 Å². The molecule has 0 aliphatic carbocycles. The van der Waals surface area contributed by atoms with Gasteiger partial charge in [0.2, 0.25) is 0 Å². The minimum atomic E-state index is -4.42. The molecular weight excluding hydrogens is 279 g/mol. The van der Waals surface area contributed by atoms with Crippen molar-refractivity contribution in [3.05, 3.63) is 41.2 Å². The zero-order chi connectivity index (χ0) is 15.6. The van der Waals surface area contributed by atoms with E-state index in [0.717, 1.165) is 6.07 Å². The largest absolute Gasteiger partial charge is 0.417 e. The van der Waals surface area contributed by atoms with Gasteiger partial charge in [-0.25, -0.2) is 9.97 Å². The molecular formula is C15H16F3N3. The third-order valence-corrected chi connectivity index (χ3v) is 3.23. The Morgan fingerprint density at radius 3 is 2.38 bits per heavy atom. The molecule has 112 valence electrons. The standard InChI is InChI=1S/C15H16F3N3/c1-4-12-20-13(9(2)14(19-3)21-12)10-7-5-6-8-11(10)15(16,17)18/h5-8H,4H2,1-3H3,(H,19,20,21). The molecule has 0 aliphatic heterocycles. The van der Waals surface area contributed by atoms with E-state index in [1.807, 2.05) is 6.92 Å². The van der Waals surface area contributed by atoms with Crippen LogP contribution in [0.5, 0.6) is 0 Å². The number of benzene rings is 1. The molecule has 0 aliphatic rings. The van der Waals surface area contributed by atoms with Crippen LogP contribution in [-0.2, 0) is 12.6 Å². The number of anilines is 1. The second kappa shape index (κ2) is 5.71. The molecule has 21 heavy (non-hydrogen) atoms. The number of rotatable bonds is 3. The molecule has 6 heteroatoms. The van der Waals surface area contributed by atoms with Crippen LogP contribution >= 0.6 is 0 Å². The average Bonchev–Trinajstić information content (AvgIpc) is 2.46. The Labute approximate surface area is 121 Å². The van der Waals surface area contributed by atoms with Gasteiger partial charge in [0.25, 0.3) is 0 Å². The molecule has 3 nitrogen and oxygen atoms in total. The van der Waals surface area contributed by atoms with Crippen LogP contribution in [-0.4, -0.2) is 17.0 Å². The van der Waals surface area contributed by atoms with E-state index in [2.05, 4.69) is 15.3 Å². The van der Waals surface area contributed by atoms with E-state index in [1.165, 1.54) is 12.1 Å². The fraction of sp³-hybridized carbons (Fsp3) is 0.333. The summed E-state index contributed by atoms with van der Waals surface area (Å²) >= 11 is 0. The lowest BCUT2D eigenvalue weighted by atomic mass is 10.0. The lowest BCUT2D eigenvalue weighted by Gasteiger charge is -2.16. The van der Waals surface area contributed by atoms with E-state index >= 15 is 0 Å². The number of nitrogens with one attached hydrogen (secondary N) is 1. The summed E-state index contributed by atoms with van der Waals surface area (Å²) in [7, 11) is 1.69. The molecule has 0 unspecified atom stereocenters. The number of nitrogens with zero attached hydrogens (tertiary/aromatic N) is 2. The summed E-state index contributed by atoms with van der Waals surface area (Å²) in [5.74, 6) is 1.06. The van der Waals surface area contributed by atoms with Crippen LogP contribution in [0.25, 0.3) is 11.3 Å². The van der Waals surface area contributed by atoms with Gasteiger partial charge in [-0.15, -0.1) is 0 Å². The molecule has 0 fully saturated rings. The van der Waals surface area contributed by atoms with Gasteiger partial charge in [-0.2, -0.15) is 13.2 Å². The fourth-order valence-corrected chi connectivity index (χ4v) is 2.16. The summed E-state index contributed by atoms with van der Waals surface area (Å²) in [6.07, 6.45) is -3.86. The Bertz CT molecular complexity index is 651. The van der Waals surface area contributed by atoms with Gasteiger partial charge >= 0.3 is 6.18 Å². The average molecular weight is 295 g/mol. The topological polar surface area (TPSA) is 37.8 Å². The Morgan fingerprint density at radius 2 is 1.81 bits per heavy atom. The van der Waals surface area contributed by atoms with Crippen LogP contribution in [0.1, 0.15) is 23.9 Å². The first-order chi connectivity index (χ1) is 9.88. The number of aryl methyl sites for hydroxylation is 1. The van der Waals surface area contributed by atoms with Crippen molar-refractivity contribution in [2.75, 3.05) is 12.4 Å². The smallest absolute Gasteiger partial charge is 0.373 e. The monoisotopic (exact) mass is 295 g/mol. The first kappa shape index (κ1) is 15.3. The fourth-order valence-electron chi connectivity index (χ4n) is 2.16. The predicted molar refractivity (Wildman–Crippen MR) is 76.1 cm³/mol. The molecule has 0 saturated heterocycles. The maximum Gasteiger partial charge on any atom is 0.417 e. The van der Waals surface area contributed by atoms with Gasteiger partial charge in [0.15, 0.2) is 0 Å².